The van der Waals surface area contributed by atoms with Gasteiger partial charge in [0.15, 0.2) is 11.5 Å². The van der Waals surface area contributed by atoms with Gasteiger partial charge in [0.05, 0.1) is 6.54 Å². The molecule has 1 fully saturated rings. The van der Waals surface area contributed by atoms with E-state index in [9.17, 15) is 9.59 Å². The van der Waals surface area contributed by atoms with Gasteiger partial charge in [-0.05, 0) is 12.1 Å². The van der Waals surface area contributed by atoms with Crippen molar-refractivity contribution in [2.24, 2.45) is 0 Å². The van der Waals surface area contributed by atoms with Crippen molar-refractivity contribution < 1.29 is 19.1 Å². The van der Waals surface area contributed by atoms with E-state index in [1.807, 2.05) is 4.90 Å². The predicted molar refractivity (Wildman–Crippen MR) is 83.9 cm³/mol. The Hall–Kier alpha value is -2.32. The molecule has 0 saturated carbocycles. The van der Waals surface area contributed by atoms with Crippen molar-refractivity contribution in [1.82, 2.24) is 15.5 Å². The Bertz CT molecular complexity index is 587. The van der Waals surface area contributed by atoms with Crippen LogP contribution >= 0.6 is 0 Å². The lowest BCUT2D eigenvalue weighted by Gasteiger charge is -2.26. The summed E-state index contributed by atoms with van der Waals surface area (Å²) in [5, 5.41) is 8.17. The number of benzene rings is 1. The Kier molecular flexibility index (Phi) is 4.94. The molecule has 2 aliphatic rings. The maximum absolute atomic E-state index is 11.9. The third-order valence-electron chi connectivity index (χ3n) is 3.63. The fraction of sp³-hybridized carbons (Fsp3) is 0.467. The van der Waals surface area contributed by atoms with Gasteiger partial charge in [0, 0.05) is 37.9 Å². The molecular weight excluding hydrogens is 300 g/mol. The highest BCUT2D eigenvalue weighted by Gasteiger charge is 2.16. The van der Waals surface area contributed by atoms with Crippen LogP contribution in [0.4, 0.5) is 10.5 Å². The van der Waals surface area contributed by atoms with E-state index in [-0.39, 0.29) is 12.5 Å². The fourth-order valence-electron chi connectivity index (χ4n) is 2.52. The van der Waals surface area contributed by atoms with Gasteiger partial charge in [-0.25, -0.2) is 4.79 Å². The second kappa shape index (κ2) is 7.30. The number of hydrogen-bond donors (Lipinski definition) is 3. The summed E-state index contributed by atoms with van der Waals surface area (Å²) in [6.45, 7) is 4.53. The number of rotatable bonds is 3. The number of ether oxygens (including phenoxy) is 2. The molecule has 8 nitrogen and oxygen atoms in total. The zero-order valence-corrected chi connectivity index (χ0v) is 12.8. The van der Waals surface area contributed by atoms with E-state index >= 15 is 0 Å². The van der Waals surface area contributed by atoms with E-state index in [0.717, 1.165) is 26.2 Å². The number of carbonyl (C=O) groups excluding carboxylic acids is 2. The number of anilines is 1. The minimum atomic E-state index is -0.554. The number of carbonyl (C=O) groups is 2. The van der Waals surface area contributed by atoms with Crippen LogP contribution in [0, 0.1) is 0 Å². The van der Waals surface area contributed by atoms with E-state index in [4.69, 9.17) is 9.47 Å². The summed E-state index contributed by atoms with van der Waals surface area (Å²) in [6.07, 6.45) is 0. The maximum atomic E-state index is 11.9. The van der Waals surface area contributed by atoms with Crippen molar-refractivity contribution in [2.75, 3.05) is 51.3 Å². The Labute approximate surface area is 134 Å². The van der Waals surface area contributed by atoms with Crippen molar-refractivity contribution in [3.8, 4) is 11.5 Å². The monoisotopic (exact) mass is 320 g/mol. The van der Waals surface area contributed by atoms with Crippen molar-refractivity contribution in [3.05, 3.63) is 18.2 Å². The summed E-state index contributed by atoms with van der Waals surface area (Å²) in [6, 6.07) is 4.55. The van der Waals surface area contributed by atoms with Crippen LogP contribution in [0.25, 0.3) is 0 Å². The Balaban J connectivity index is 1.49. The van der Waals surface area contributed by atoms with Gasteiger partial charge < -0.3 is 20.1 Å². The largest absolute Gasteiger partial charge is 0.486 e. The summed E-state index contributed by atoms with van der Waals surface area (Å²) in [5.41, 5.74) is 0.543. The molecule has 0 atom stereocenters. The zero-order chi connectivity index (χ0) is 16.1. The second-order valence-electron chi connectivity index (χ2n) is 5.39. The minimum absolute atomic E-state index is 0.218. The molecule has 124 valence electrons. The molecule has 3 N–H and O–H groups in total. The van der Waals surface area contributed by atoms with Gasteiger partial charge in [0.2, 0.25) is 5.91 Å². The molecule has 2 heterocycles. The Morgan fingerprint density at radius 1 is 1.13 bits per heavy atom. The van der Waals surface area contributed by atoms with E-state index in [0.29, 0.717) is 30.4 Å². The maximum Gasteiger partial charge on any atom is 0.325 e. The van der Waals surface area contributed by atoms with Crippen LogP contribution in [-0.2, 0) is 4.79 Å². The standard InChI is InChI=1S/C15H20N4O4/c20-14(10-19-5-3-16-4-6-19)18-15(21)17-11-1-2-12-13(9-11)23-8-7-22-12/h1-2,9,16H,3-8,10H2,(H2,17,18,20,21). The number of piperazine rings is 1. The first-order valence-electron chi connectivity index (χ1n) is 7.64. The Morgan fingerprint density at radius 3 is 2.65 bits per heavy atom. The van der Waals surface area contributed by atoms with Crippen LogP contribution in [0.1, 0.15) is 0 Å². The number of nitrogens with one attached hydrogen (secondary N) is 3. The number of nitrogens with zero attached hydrogens (tertiary/aromatic N) is 1. The number of imide groups is 1. The summed E-state index contributed by atoms with van der Waals surface area (Å²) < 4.78 is 10.9. The quantitative estimate of drug-likeness (QED) is 0.727. The summed E-state index contributed by atoms with van der Waals surface area (Å²) >= 11 is 0. The molecule has 0 radical (unpaired) electrons. The van der Waals surface area contributed by atoms with Crippen LogP contribution in [0.3, 0.4) is 0 Å². The predicted octanol–water partition coefficient (Wildman–Crippen LogP) is 0.0111. The van der Waals surface area contributed by atoms with Crippen LogP contribution in [-0.4, -0.2) is 62.8 Å². The van der Waals surface area contributed by atoms with Crippen LogP contribution in [0.5, 0.6) is 11.5 Å². The lowest BCUT2D eigenvalue weighted by molar-refractivity contribution is -0.121. The average molecular weight is 320 g/mol. The highest BCUT2D eigenvalue weighted by molar-refractivity contribution is 6.01. The molecule has 0 aromatic heterocycles. The van der Waals surface area contributed by atoms with Gasteiger partial charge in [0.25, 0.3) is 0 Å². The van der Waals surface area contributed by atoms with Crippen molar-refractivity contribution >= 4 is 17.6 Å². The molecule has 8 heteroatoms. The first-order chi connectivity index (χ1) is 11.2. The third-order valence-corrected chi connectivity index (χ3v) is 3.63. The molecule has 0 unspecified atom stereocenters. The summed E-state index contributed by atoms with van der Waals surface area (Å²) in [7, 11) is 0. The molecule has 1 saturated heterocycles. The minimum Gasteiger partial charge on any atom is -0.486 e. The first kappa shape index (κ1) is 15.6. The molecule has 0 spiro atoms. The SMILES string of the molecule is O=C(CN1CCNCC1)NC(=O)Nc1ccc2c(c1)OCCO2. The number of amides is 3. The third kappa shape index (κ3) is 4.33. The molecule has 23 heavy (non-hydrogen) atoms. The molecule has 0 aliphatic carbocycles. The molecule has 1 aromatic rings. The molecule has 3 rings (SSSR count). The van der Waals surface area contributed by atoms with E-state index in [1.54, 1.807) is 18.2 Å². The molecule has 2 aliphatic heterocycles. The highest BCUT2D eigenvalue weighted by atomic mass is 16.6. The van der Waals surface area contributed by atoms with Gasteiger partial charge in [0.1, 0.15) is 13.2 Å². The van der Waals surface area contributed by atoms with Crippen LogP contribution < -0.4 is 25.4 Å². The van der Waals surface area contributed by atoms with Crippen molar-refractivity contribution in [2.45, 2.75) is 0 Å². The highest BCUT2D eigenvalue weighted by Crippen LogP contribution is 2.32. The van der Waals surface area contributed by atoms with Gasteiger partial charge in [-0.15, -0.1) is 0 Å². The Morgan fingerprint density at radius 2 is 1.87 bits per heavy atom. The second-order valence-corrected chi connectivity index (χ2v) is 5.39. The van der Waals surface area contributed by atoms with E-state index < -0.39 is 6.03 Å². The van der Waals surface area contributed by atoms with Gasteiger partial charge in [-0.3, -0.25) is 15.0 Å². The van der Waals surface area contributed by atoms with Gasteiger partial charge in [-0.1, -0.05) is 0 Å². The van der Waals surface area contributed by atoms with Gasteiger partial charge >= 0.3 is 6.03 Å². The number of urea groups is 1. The molecular formula is C15H20N4O4. The zero-order valence-electron chi connectivity index (χ0n) is 12.8. The molecule has 0 bridgehead atoms. The molecule has 3 amide bonds. The fourth-order valence-corrected chi connectivity index (χ4v) is 2.52. The number of hydrogen-bond acceptors (Lipinski definition) is 6. The van der Waals surface area contributed by atoms with Crippen LogP contribution in [0.15, 0.2) is 18.2 Å². The number of fused-ring (bicyclic) bond motifs is 1. The topological polar surface area (TPSA) is 91.9 Å². The van der Waals surface area contributed by atoms with Crippen molar-refractivity contribution in [1.29, 1.82) is 0 Å². The molecule has 1 aromatic carbocycles. The van der Waals surface area contributed by atoms with E-state index in [1.165, 1.54) is 0 Å². The summed E-state index contributed by atoms with van der Waals surface area (Å²) in [4.78, 5) is 25.8. The normalized spacial score (nSPS) is 17.4. The lowest BCUT2D eigenvalue weighted by atomic mass is 10.2. The van der Waals surface area contributed by atoms with Crippen LogP contribution in [0.2, 0.25) is 0 Å². The van der Waals surface area contributed by atoms with Crippen molar-refractivity contribution in [3.63, 3.8) is 0 Å². The first-order valence-corrected chi connectivity index (χ1v) is 7.64. The average Bonchev–Trinajstić information content (AvgIpc) is 2.55. The van der Waals surface area contributed by atoms with Gasteiger partial charge in [-0.2, -0.15) is 0 Å². The smallest absolute Gasteiger partial charge is 0.325 e. The summed E-state index contributed by atoms with van der Waals surface area (Å²) in [5.74, 6) is 0.917. The lowest BCUT2D eigenvalue weighted by Crippen LogP contribution is -2.48. The van der Waals surface area contributed by atoms with E-state index in [2.05, 4.69) is 16.0 Å².